The van der Waals surface area contributed by atoms with Gasteiger partial charge in [-0.05, 0) is 58.7 Å². The van der Waals surface area contributed by atoms with Crippen LogP contribution in [-0.4, -0.2) is 23.4 Å². The van der Waals surface area contributed by atoms with E-state index in [4.69, 9.17) is 10.2 Å². The summed E-state index contributed by atoms with van der Waals surface area (Å²) in [6, 6.07) is 16.7. The smallest absolute Gasteiger partial charge is 0.0440 e. The Hall–Kier alpha value is -2.78. The maximum atomic E-state index is 8.91. The van der Waals surface area contributed by atoms with Crippen LogP contribution in [0, 0.1) is 23.7 Å². The molecule has 0 bridgehead atoms. The summed E-state index contributed by atoms with van der Waals surface area (Å²) in [7, 11) is 0. The topological polar surface area (TPSA) is 40.5 Å². The van der Waals surface area contributed by atoms with Crippen LogP contribution in [0.1, 0.15) is 36.8 Å². The summed E-state index contributed by atoms with van der Waals surface area (Å²) in [5.74, 6) is 12.8. The molecule has 0 spiro atoms. The molecule has 0 fully saturated rings. The molecule has 2 N–H and O–H groups in total. The van der Waals surface area contributed by atoms with E-state index in [0.29, 0.717) is 25.7 Å². The van der Waals surface area contributed by atoms with Gasteiger partial charge in [0, 0.05) is 37.2 Å². The largest absolute Gasteiger partial charge is 0.396 e. The summed E-state index contributed by atoms with van der Waals surface area (Å²) in [4.78, 5) is 0. The SMILES string of the molecule is OCCCC#Cc1ccc(C#CCCCO)c2cc3ccccc3cc12. The van der Waals surface area contributed by atoms with Crippen molar-refractivity contribution in [3.63, 3.8) is 0 Å². The Bertz CT molecular complexity index is 942. The van der Waals surface area contributed by atoms with Crippen LogP contribution in [0.3, 0.4) is 0 Å². The maximum absolute atomic E-state index is 8.91. The summed E-state index contributed by atoms with van der Waals surface area (Å²) < 4.78 is 0. The molecule has 0 saturated heterocycles. The van der Waals surface area contributed by atoms with Gasteiger partial charge in [-0.15, -0.1) is 0 Å². The van der Waals surface area contributed by atoms with Crippen molar-refractivity contribution < 1.29 is 10.2 Å². The molecular weight excluding hydrogens is 320 g/mol. The van der Waals surface area contributed by atoms with Gasteiger partial charge < -0.3 is 10.2 Å². The molecule has 3 rings (SSSR count). The standard InChI is InChI=1S/C24H22O2/c25-15-7-1-3-9-19-13-14-20(10-4-2-8-16-26)24-18-22-12-6-5-11-21(22)17-23(19)24/h5-6,11-14,17-18,25-26H,1-2,7-8,15-16H2. The van der Waals surface area contributed by atoms with Gasteiger partial charge in [0.15, 0.2) is 0 Å². The summed E-state index contributed by atoms with van der Waals surface area (Å²) in [5, 5.41) is 22.4. The number of fused-ring (bicyclic) bond motifs is 2. The number of rotatable bonds is 4. The van der Waals surface area contributed by atoms with Crippen LogP contribution in [0.15, 0.2) is 48.5 Å². The van der Waals surface area contributed by atoms with E-state index >= 15 is 0 Å². The van der Waals surface area contributed by atoms with Gasteiger partial charge in [-0.3, -0.25) is 0 Å². The second-order valence-electron chi connectivity index (χ2n) is 6.16. The lowest BCUT2D eigenvalue weighted by atomic mass is 9.96. The van der Waals surface area contributed by atoms with Gasteiger partial charge in [0.2, 0.25) is 0 Å². The number of benzene rings is 3. The van der Waals surface area contributed by atoms with E-state index in [1.54, 1.807) is 0 Å². The molecule has 2 heteroatoms. The number of aliphatic hydroxyl groups is 2. The lowest BCUT2D eigenvalue weighted by molar-refractivity contribution is 0.290. The van der Waals surface area contributed by atoms with Crippen molar-refractivity contribution in [2.75, 3.05) is 13.2 Å². The fourth-order valence-electron chi connectivity index (χ4n) is 2.90. The third-order valence-corrected chi connectivity index (χ3v) is 4.25. The first-order valence-corrected chi connectivity index (χ1v) is 8.98. The highest BCUT2D eigenvalue weighted by atomic mass is 16.3. The predicted molar refractivity (Wildman–Crippen MR) is 108 cm³/mol. The molecule has 0 unspecified atom stereocenters. The Morgan fingerprint density at radius 3 is 1.54 bits per heavy atom. The summed E-state index contributed by atoms with van der Waals surface area (Å²) >= 11 is 0. The van der Waals surface area contributed by atoms with Gasteiger partial charge in [0.1, 0.15) is 0 Å². The lowest BCUT2D eigenvalue weighted by Crippen LogP contribution is -1.87. The zero-order chi connectivity index (χ0) is 18.2. The second-order valence-corrected chi connectivity index (χ2v) is 6.16. The van der Waals surface area contributed by atoms with Crippen LogP contribution in [0.25, 0.3) is 21.5 Å². The highest BCUT2D eigenvalue weighted by molar-refractivity contribution is 6.03. The third kappa shape index (κ3) is 4.24. The monoisotopic (exact) mass is 342 g/mol. The van der Waals surface area contributed by atoms with Crippen molar-refractivity contribution in [1.29, 1.82) is 0 Å². The van der Waals surface area contributed by atoms with Crippen LogP contribution in [0.2, 0.25) is 0 Å². The van der Waals surface area contributed by atoms with Gasteiger partial charge in [-0.2, -0.15) is 0 Å². The van der Waals surface area contributed by atoms with E-state index in [1.807, 2.05) is 24.3 Å². The van der Waals surface area contributed by atoms with E-state index in [-0.39, 0.29) is 13.2 Å². The Morgan fingerprint density at radius 1 is 0.654 bits per heavy atom. The maximum Gasteiger partial charge on any atom is 0.0440 e. The molecule has 0 amide bonds. The zero-order valence-corrected chi connectivity index (χ0v) is 14.8. The second kappa shape index (κ2) is 9.07. The first kappa shape index (κ1) is 18.0. The minimum absolute atomic E-state index is 0.169. The van der Waals surface area contributed by atoms with E-state index < -0.39 is 0 Å². The van der Waals surface area contributed by atoms with Gasteiger partial charge in [0.25, 0.3) is 0 Å². The van der Waals surface area contributed by atoms with Gasteiger partial charge in [-0.1, -0.05) is 47.9 Å². The molecule has 3 aromatic carbocycles. The molecule has 0 heterocycles. The first-order valence-electron chi connectivity index (χ1n) is 8.98. The fourth-order valence-corrected chi connectivity index (χ4v) is 2.90. The molecule has 0 aliphatic carbocycles. The highest BCUT2D eigenvalue weighted by Gasteiger charge is 2.05. The van der Waals surface area contributed by atoms with E-state index in [9.17, 15) is 0 Å². The minimum Gasteiger partial charge on any atom is -0.396 e. The minimum atomic E-state index is 0.169. The van der Waals surface area contributed by atoms with Crippen molar-refractivity contribution in [3.8, 4) is 23.7 Å². The van der Waals surface area contributed by atoms with Crippen LogP contribution in [0.4, 0.5) is 0 Å². The van der Waals surface area contributed by atoms with Crippen molar-refractivity contribution in [1.82, 2.24) is 0 Å². The first-order chi connectivity index (χ1) is 12.8. The molecule has 2 nitrogen and oxygen atoms in total. The molecule has 0 saturated carbocycles. The molecule has 26 heavy (non-hydrogen) atoms. The number of aliphatic hydroxyl groups excluding tert-OH is 2. The number of unbranched alkanes of at least 4 members (excludes halogenated alkanes) is 2. The summed E-state index contributed by atoms with van der Waals surface area (Å²) in [5.41, 5.74) is 1.98. The molecule has 0 aromatic heterocycles. The predicted octanol–water partition coefficient (Wildman–Crippen LogP) is 4.24. The summed E-state index contributed by atoms with van der Waals surface area (Å²) in [6.07, 6.45) is 2.77. The van der Waals surface area contributed by atoms with E-state index in [1.165, 1.54) is 10.8 Å². The Morgan fingerprint density at radius 2 is 1.12 bits per heavy atom. The van der Waals surface area contributed by atoms with E-state index in [2.05, 4.69) is 47.9 Å². The van der Waals surface area contributed by atoms with Gasteiger partial charge >= 0.3 is 0 Å². The van der Waals surface area contributed by atoms with Crippen molar-refractivity contribution in [3.05, 3.63) is 59.7 Å². The van der Waals surface area contributed by atoms with E-state index in [0.717, 1.165) is 21.9 Å². The molecule has 0 aliphatic heterocycles. The molecule has 3 aromatic rings. The Balaban J connectivity index is 2.12. The van der Waals surface area contributed by atoms with Crippen LogP contribution in [-0.2, 0) is 0 Å². The highest BCUT2D eigenvalue weighted by Crippen LogP contribution is 2.28. The molecule has 0 atom stereocenters. The zero-order valence-electron chi connectivity index (χ0n) is 14.8. The Kier molecular flexibility index (Phi) is 6.29. The van der Waals surface area contributed by atoms with Crippen molar-refractivity contribution in [2.45, 2.75) is 25.7 Å². The Labute approximate surface area is 154 Å². The van der Waals surface area contributed by atoms with Crippen LogP contribution < -0.4 is 0 Å². The van der Waals surface area contributed by atoms with Crippen LogP contribution >= 0.6 is 0 Å². The number of hydrogen-bond donors (Lipinski definition) is 2. The quantitative estimate of drug-likeness (QED) is 0.423. The molecule has 130 valence electrons. The normalized spacial score (nSPS) is 10.2. The average Bonchev–Trinajstić information content (AvgIpc) is 2.68. The summed E-state index contributed by atoms with van der Waals surface area (Å²) in [6.45, 7) is 0.338. The van der Waals surface area contributed by atoms with Crippen molar-refractivity contribution in [2.24, 2.45) is 0 Å². The molecule has 0 aliphatic rings. The molecule has 0 radical (unpaired) electrons. The molecular formula is C24H22O2. The third-order valence-electron chi connectivity index (χ3n) is 4.25. The van der Waals surface area contributed by atoms with Gasteiger partial charge in [0.05, 0.1) is 0 Å². The number of hydrogen-bond acceptors (Lipinski definition) is 2. The van der Waals surface area contributed by atoms with Gasteiger partial charge in [-0.25, -0.2) is 0 Å². The van der Waals surface area contributed by atoms with Crippen molar-refractivity contribution >= 4 is 21.5 Å². The fraction of sp³-hybridized carbons (Fsp3) is 0.250. The van der Waals surface area contributed by atoms with Crippen LogP contribution in [0.5, 0.6) is 0 Å². The average molecular weight is 342 g/mol. The lowest BCUT2D eigenvalue weighted by Gasteiger charge is -2.07.